The zero-order valence-electron chi connectivity index (χ0n) is 15.9. The van der Waals surface area contributed by atoms with E-state index in [9.17, 15) is 0 Å². The van der Waals surface area contributed by atoms with Gasteiger partial charge in [0, 0.05) is 19.6 Å². The summed E-state index contributed by atoms with van der Waals surface area (Å²) in [6.45, 7) is 3.54. The molecule has 1 atom stereocenters. The minimum atomic E-state index is 0.132. The monoisotopic (exact) mass is 380 g/mol. The molecule has 1 fully saturated rings. The van der Waals surface area contributed by atoms with Gasteiger partial charge in [-0.05, 0) is 36.9 Å². The zero-order valence-corrected chi connectivity index (χ0v) is 15.9. The number of hydrogen-bond acceptors (Lipinski definition) is 7. The van der Waals surface area contributed by atoms with Crippen molar-refractivity contribution in [3.63, 3.8) is 0 Å². The van der Waals surface area contributed by atoms with Gasteiger partial charge >= 0.3 is 0 Å². The second kappa shape index (κ2) is 8.86. The lowest BCUT2D eigenvalue weighted by atomic mass is 10.2. The van der Waals surface area contributed by atoms with Crippen LogP contribution in [0.15, 0.2) is 59.1 Å². The first kappa shape index (κ1) is 18.5. The summed E-state index contributed by atoms with van der Waals surface area (Å²) < 4.78 is 16.9. The Hall–Kier alpha value is -2.90. The lowest BCUT2D eigenvalue weighted by Crippen LogP contribution is -2.44. The van der Waals surface area contributed by atoms with Crippen molar-refractivity contribution >= 4 is 0 Å². The second-order valence-electron chi connectivity index (χ2n) is 6.78. The third kappa shape index (κ3) is 4.68. The van der Waals surface area contributed by atoms with Crippen molar-refractivity contribution in [1.29, 1.82) is 0 Å². The minimum Gasteiger partial charge on any atom is -0.489 e. The van der Waals surface area contributed by atoms with Crippen LogP contribution in [0, 0.1) is 0 Å². The maximum absolute atomic E-state index is 5.78. The number of rotatable bonds is 7. The number of nitrogens with zero attached hydrogens (tertiary/aromatic N) is 3. The normalized spacial score (nSPS) is 17.4. The average molecular weight is 380 g/mol. The predicted molar refractivity (Wildman–Crippen MR) is 104 cm³/mol. The van der Waals surface area contributed by atoms with E-state index in [1.807, 2.05) is 54.6 Å². The molecule has 1 unspecified atom stereocenters. The number of benzene rings is 2. The van der Waals surface area contributed by atoms with Crippen LogP contribution < -0.4 is 14.8 Å². The molecule has 7 nitrogen and oxygen atoms in total. The molecule has 7 heteroatoms. The zero-order chi connectivity index (χ0) is 19.2. The molecule has 1 aliphatic rings. The van der Waals surface area contributed by atoms with Crippen LogP contribution in [-0.2, 0) is 13.2 Å². The molecule has 0 aliphatic carbocycles. The number of piperazine rings is 1. The molecule has 4 rings (SSSR count). The summed E-state index contributed by atoms with van der Waals surface area (Å²) in [5.41, 5.74) is 1.13. The molecular weight excluding hydrogens is 356 g/mol. The predicted octanol–water partition coefficient (Wildman–Crippen LogP) is 2.80. The van der Waals surface area contributed by atoms with Crippen LogP contribution in [0.2, 0.25) is 0 Å². The molecule has 0 amide bonds. The Morgan fingerprint density at radius 2 is 1.75 bits per heavy atom. The van der Waals surface area contributed by atoms with Gasteiger partial charge in [-0.3, -0.25) is 4.90 Å². The Bertz CT molecular complexity index is 867. The summed E-state index contributed by atoms with van der Waals surface area (Å²) in [4.78, 5) is 6.69. The SMILES string of the molecule is CN1CCNCC1c1noc(COc2ccc(OCc3ccccc3)cc2)n1. The van der Waals surface area contributed by atoms with Crippen LogP contribution in [-0.4, -0.2) is 41.7 Å². The number of aromatic nitrogens is 2. The van der Waals surface area contributed by atoms with Crippen LogP contribution >= 0.6 is 0 Å². The van der Waals surface area contributed by atoms with Gasteiger partial charge < -0.3 is 19.3 Å². The first-order valence-corrected chi connectivity index (χ1v) is 9.41. The molecule has 28 heavy (non-hydrogen) atoms. The Kier molecular flexibility index (Phi) is 5.84. The van der Waals surface area contributed by atoms with Gasteiger partial charge in [-0.1, -0.05) is 35.5 Å². The van der Waals surface area contributed by atoms with E-state index in [-0.39, 0.29) is 12.6 Å². The van der Waals surface area contributed by atoms with Crippen molar-refractivity contribution in [2.24, 2.45) is 0 Å². The standard InChI is InChI=1S/C21H24N4O3/c1-25-12-11-22-13-19(25)21-23-20(28-24-21)15-27-18-9-7-17(8-10-18)26-14-16-5-3-2-4-6-16/h2-10,19,22H,11-15H2,1H3. The molecular formula is C21H24N4O3. The molecule has 0 bridgehead atoms. The molecule has 2 aromatic carbocycles. The molecule has 2 heterocycles. The van der Waals surface area contributed by atoms with Crippen LogP contribution in [0.25, 0.3) is 0 Å². The van der Waals surface area contributed by atoms with E-state index < -0.39 is 0 Å². The van der Waals surface area contributed by atoms with E-state index in [4.69, 9.17) is 14.0 Å². The van der Waals surface area contributed by atoms with Crippen molar-refractivity contribution < 1.29 is 14.0 Å². The Morgan fingerprint density at radius 1 is 1.04 bits per heavy atom. The van der Waals surface area contributed by atoms with Gasteiger partial charge in [-0.2, -0.15) is 4.98 Å². The highest BCUT2D eigenvalue weighted by Crippen LogP contribution is 2.21. The van der Waals surface area contributed by atoms with Gasteiger partial charge in [0.15, 0.2) is 12.4 Å². The lowest BCUT2D eigenvalue weighted by molar-refractivity contribution is 0.189. The van der Waals surface area contributed by atoms with Gasteiger partial charge in [0.1, 0.15) is 18.1 Å². The first-order chi connectivity index (χ1) is 13.8. The lowest BCUT2D eigenvalue weighted by Gasteiger charge is -2.30. The van der Waals surface area contributed by atoms with E-state index in [0.717, 1.165) is 36.7 Å². The van der Waals surface area contributed by atoms with Crippen molar-refractivity contribution in [2.45, 2.75) is 19.3 Å². The summed E-state index contributed by atoms with van der Waals surface area (Å²) in [5, 5.41) is 7.45. The van der Waals surface area contributed by atoms with Gasteiger partial charge in [0.25, 0.3) is 5.89 Å². The fourth-order valence-electron chi connectivity index (χ4n) is 3.07. The highest BCUT2D eigenvalue weighted by atomic mass is 16.5. The minimum absolute atomic E-state index is 0.132. The molecule has 1 aliphatic heterocycles. The Labute approximate surface area is 164 Å². The van der Waals surface area contributed by atoms with Crippen LogP contribution in [0.3, 0.4) is 0 Å². The van der Waals surface area contributed by atoms with Crippen LogP contribution in [0.1, 0.15) is 23.3 Å². The van der Waals surface area contributed by atoms with Crippen molar-refractivity contribution in [1.82, 2.24) is 20.4 Å². The van der Waals surface area contributed by atoms with Crippen molar-refractivity contribution in [3.8, 4) is 11.5 Å². The molecule has 0 saturated carbocycles. The number of hydrogen-bond donors (Lipinski definition) is 1. The fourth-order valence-corrected chi connectivity index (χ4v) is 3.07. The van der Waals surface area contributed by atoms with Gasteiger partial charge in [0.2, 0.25) is 0 Å². The highest BCUT2D eigenvalue weighted by molar-refractivity contribution is 5.31. The van der Waals surface area contributed by atoms with Gasteiger partial charge in [0.05, 0.1) is 6.04 Å². The summed E-state index contributed by atoms with van der Waals surface area (Å²) >= 11 is 0. The van der Waals surface area contributed by atoms with Crippen LogP contribution in [0.4, 0.5) is 0 Å². The van der Waals surface area contributed by atoms with Gasteiger partial charge in [-0.25, -0.2) is 0 Å². The van der Waals surface area contributed by atoms with Crippen molar-refractivity contribution in [3.05, 3.63) is 71.9 Å². The molecule has 1 saturated heterocycles. The third-order valence-corrected chi connectivity index (χ3v) is 4.73. The fraction of sp³-hybridized carbons (Fsp3) is 0.333. The number of ether oxygens (including phenoxy) is 2. The largest absolute Gasteiger partial charge is 0.489 e. The molecule has 146 valence electrons. The van der Waals surface area contributed by atoms with E-state index in [1.54, 1.807) is 0 Å². The summed E-state index contributed by atoms with van der Waals surface area (Å²) in [7, 11) is 2.07. The maximum Gasteiger partial charge on any atom is 0.264 e. The smallest absolute Gasteiger partial charge is 0.264 e. The quantitative estimate of drug-likeness (QED) is 0.676. The molecule has 0 spiro atoms. The third-order valence-electron chi connectivity index (χ3n) is 4.73. The maximum atomic E-state index is 5.78. The van der Waals surface area contributed by atoms with E-state index in [2.05, 4.69) is 27.4 Å². The molecule has 1 aromatic heterocycles. The van der Waals surface area contributed by atoms with Crippen molar-refractivity contribution in [2.75, 3.05) is 26.7 Å². The topological polar surface area (TPSA) is 72.7 Å². The molecule has 1 N–H and O–H groups in total. The summed E-state index contributed by atoms with van der Waals surface area (Å²) in [5.74, 6) is 2.68. The Balaban J connectivity index is 1.28. The van der Waals surface area contributed by atoms with Gasteiger partial charge in [-0.15, -0.1) is 0 Å². The highest BCUT2D eigenvalue weighted by Gasteiger charge is 2.25. The molecule has 3 aromatic rings. The van der Waals surface area contributed by atoms with E-state index >= 15 is 0 Å². The molecule has 0 radical (unpaired) electrons. The first-order valence-electron chi connectivity index (χ1n) is 9.41. The average Bonchev–Trinajstić information content (AvgIpc) is 3.21. The van der Waals surface area contributed by atoms with Crippen LogP contribution in [0.5, 0.6) is 11.5 Å². The van der Waals surface area contributed by atoms with E-state index in [0.29, 0.717) is 18.3 Å². The number of likely N-dealkylation sites (N-methyl/N-ethyl adjacent to an activating group) is 1. The summed E-state index contributed by atoms with van der Waals surface area (Å²) in [6, 6.07) is 17.7. The second-order valence-corrected chi connectivity index (χ2v) is 6.78. The Morgan fingerprint density at radius 3 is 2.46 bits per heavy atom. The number of nitrogens with one attached hydrogen (secondary N) is 1. The summed E-state index contributed by atoms with van der Waals surface area (Å²) in [6.07, 6.45) is 0. The van der Waals surface area contributed by atoms with E-state index in [1.165, 1.54) is 0 Å².